The van der Waals surface area contributed by atoms with Crippen molar-refractivity contribution in [1.29, 1.82) is 0 Å². The van der Waals surface area contributed by atoms with Gasteiger partial charge < -0.3 is 15.4 Å². The molecule has 5 heteroatoms. The molecule has 76 valence electrons. The van der Waals surface area contributed by atoms with E-state index in [4.69, 9.17) is 18.0 Å². The highest BCUT2D eigenvalue weighted by Crippen LogP contribution is 2.14. The van der Waals surface area contributed by atoms with Gasteiger partial charge in [-0.1, -0.05) is 0 Å². The monoisotopic (exact) mass is 204 g/mol. The van der Waals surface area contributed by atoms with E-state index >= 15 is 0 Å². The molecular weight excluding hydrogens is 188 g/mol. The summed E-state index contributed by atoms with van der Waals surface area (Å²) in [5.41, 5.74) is 4.69. The number of primary amides is 1. The lowest BCUT2D eigenvalue weighted by Gasteiger charge is -2.35. The highest BCUT2D eigenvalue weighted by atomic mass is 32.1. The average Bonchev–Trinajstić information content (AvgIpc) is 1.82. The van der Waals surface area contributed by atoms with E-state index in [9.17, 15) is 4.79 Å². The van der Waals surface area contributed by atoms with Crippen LogP contribution in [0.15, 0.2) is 0 Å². The van der Waals surface area contributed by atoms with Gasteiger partial charge in [0.05, 0.1) is 0 Å². The number of amides is 1. The van der Waals surface area contributed by atoms with Gasteiger partial charge in [0.25, 0.3) is 5.17 Å². The van der Waals surface area contributed by atoms with Gasteiger partial charge in [0.15, 0.2) is 0 Å². The van der Waals surface area contributed by atoms with Gasteiger partial charge in [-0.25, -0.2) is 4.79 Å². The summed E-state index contributed by atoms with van der Waals surface area (Å²) in [6.45, 7) is 8.55. The molecule has 0 aromatic rings. The second-order valence-electron chi connectivity index (χ2n) is 3.60. The molecule has 0 aromatic carbocycles. The normalized spacial score (nSPS) is 10.8. The second kappa shape index (κ2) is 4.41. The van der Waals surface area contributed by atoms with E-state index in [1.165, 1.54) is 0 Å². The zero-order valence-electron chi connectivity index (χ0n) is 8.46. The van der Waals surface area contributed by atoms with Crippen LogP contribution >= 0.6 is 12.2 Å². The van der Waals surface area contributed by atoms with E-state index in [0.717, 1.165) is 0 Å². The number of nitrogens with zero attached hydrogens (tertiary/aromatic N) is 1. The number of carbonyl (C=O) groups is 1. The van der Waals surface area contributed by atoms with Crippen molar-refractivity contribution in [2.24, 2.45) is 5.73 Å². The quantitative estimate of drug-likeness (QED) is 0.657. The highest BCUT2D eigenvalue weighted by molar-refractivity contribution is 7.80. The lowest BCUT2D eigenvalue weighted by atomic mass is 10.1. The average molecular weight is 204 g/mol. The Morgan fingerprint density at radius 2 is 2.00 bits per heavy atom. The molecule has 13 heavy (non-hydrogen) atoms. The van der Waals surface area contributed by atoms with Crippen LogP contribution in [-0.4, -0.2) is 28.3 Å². The van der Waals surface area contributed by atoms with E-state index < -0.39 is 6.09 Å². The predicted octanol–water partition coefficient (Wildman–Crippen LogP) is 1.49. The molecule has 0 bridgehead atoms. The van der Waals surface area contributed by atoms with Crippen LogP contribution in [0.5, 0.6) is 0 Å². The van der Waals surface area contributed by atoms with Crippen LogP contribution in [0.25, 0.3) is 0 Å². The minimum Gasteiger partial charge on any atom is -0.383 e. The molecule has 0 heterocycles. The summed E-state index contributed by atoms with van der Waals surface area (Å²) < 4.78 is 4.63. The van der Waals surface area contributed by atoms with Crippen molar-refractivity contribution in [3.8, 4) is 0 Å². The van der Waals surface area contributed by atoms with E-state index in [-0.39, 0.29) is 10.7 Å². The summed E-state index contributed by atoms with van der Waals surface area (Å²) in [6.07, 6.45) is -0.868. The summed E-state index contributed by atoms with van der Waals surface area (Å²) in [7, 11) is 0. The van der Waals surface area contributed by atoms with Crippen LogP contribution in [0.2, 0.25) is 0 Å². The molecule has 0 atom stereocenters. The second-order valence-corrected chi connectivity index (χ2v) is 3.95. The molecule has 1 amide bonds. The van der Waals surface area contributed by atoms with Crippen LogP contribution in [0.4, 0.5) is 4.79 Å². The molecule has 0 radical (unpaired) electrons. The van der Waals surface area contributed by atoms with Crippen LogP contribution in [0.3, 0.4) is 0 Å². The zero-order valence-corrected chi connectivity index (χ0v) is 9.27. The molecule has 4 nitrogen and oxygen atoms in total. The van der Waals surface area contributed by atoms with Crippen LogP contribution in [0, 0.1) is 0 Å². The Kier molecular flexibility index (Phi) is 4.13. The molecule has 0 saturated carbocycles. The van der Waals surface area contributed by atoms with Gasteiger partial charge in [-0.15, -0.1) is 0 Å². The Bertz CT molecular complexity index is 211. The Balaban J connectivity index is 4.42. The number of nitrogens with two attached hydrogens (primary N) is 1. The molecule has 0 aromatic heterocycles. The molecule has 0 aliphatic rings. The van der Waals surface area contributed by atoms with Crippen molar-refractivity contribution in [2.75, 3.05) is 6.54 Å². The van der Waals surface area contributed by atoms with Crippen molar-refractivity contribution < 1.29 is 9.53 Å². The molecule has 0 aliphatic heterocycles. The van der Waals surface area contributed by atoms with Crippen molar-refractivity contribution >= 4 is 23.5 Å². The number of rotatable bonds is 1. The fraction of sp³-hybridized carbons (Fsp3) is 0.750. The first-order chi connectivity index (χ1) is 5.79. The van der Waals surface area contributed by atoms with Gasteiger partial charge in [-0.3, -0.25) is 0 Å². The maximum Gasteiger partial charge on any atom is 0.411 e. The van der Waals surface area contributed by atoms with E-state index in [1.54, 1.807) is 4.90 Å². The summed E-state index contributed by atoms with van der Waals surface area (Å²) in [4.78, 5) is 12.2. The first kappa shape index (κ1) is 12.2. The minimum absolute atomic E-state index is 0.127. The predicted molar refractivity (Wildman–Crippen MR) is 55.4 cm³/mol. The van der Waals surface area contributed by atoms with Crippen molar-refractivity contribution in [3.63, 3.8) is 0 Å². The highest BCUT2D eigenvalue weighted by Gasteiger charge is 2.24. The summed E-state index contributed by atoms with van der Waals surface area (Å²) in [6, 6.07) is 0. The van der Waals surface area contributed by atoms with E-state index in [2.05, 4.69) is 4.74 Å². The van der Waals surface area contributed by atoms with Gasteiger partial charge in [0.2, 0.25) is 0 Å². The third-order valence-corrected chi connectivity index (χ3v) is 1.84. The molecular formula is C8H16N2O2S. The third kappa shape index (κ3) is 4.07. The first-order valence-corrected chi connectivity index (χ1v) is 4.48. The van der Waals surface area contributed by atoms with Gasteiger partial charge >= 0.3 is 6.09 Å². The molecule has 0 rings (SSSR count). The third-order valence-electron chi connectivity index (χ3n) is 1.53. The van der Waals surface area contributed by atoms with Gasteiger partial charge in [0, 0.05) is 12.1 Å². The molecule has 0 unspecified atom stereocenters. The Labute approximate surface area is 84.0 Å². The number of ether oxygens (including phenoxy) is 1. The number of hydrogen-bond acceptors (Lipinski definition) is 3. The first-order valence-electron chi connectivity index (χ1n) is 4.08. The maximum absolute atomic E-state index is 10.4. The SMILES string of the molecule is CCN(C(=S)OC(N)=O)C(C)(C)C. The Morgan fingerprint density at radius 1 is 1.54 bits per heavy atom. The number of hydrogen-bond donors (Lipinski definition) is 1. The number of carbonyl (C=O) groups excluding carboxylic acids is 1. The van der Waals surface area contributed by atoms with Gasteiger partial charge in [-0.2, -0.15) is 0 Å². The van der Waals surface area contributed by atoms with Crippen LogP contribution in [-0.2, 0) is 4.74 Å². The largest absolute Gasteiger partial charge is 0.411 e. The lowest BCUT2D eigenvalue weighted by molar-refractivity contribution is 0.174. The summed E-state index contributed by atoms with van der Waals surface area (Å²) in [5.74, 6) is 0. The summed E-state index contributed by atoms with van der Waals surface area (Å²) in [5, 5.41) is 0.127. The fourth-order valence-electron chi connectivity index (χ4n) is 1.02. The Morgan fingerprint density at radius 3 is 2.23 bits per heavy atom. The van der Waals surface area contributed by atoms with Gasteiger partial charge in [0.1, 0.15) is 0 Å². The fourth-order valence-corrected chi connectivity index (χ4v) is 1.50. The lowest BCUT2D eigenvalue weighted by Crippen LogP contribution is -2.46. The summed E-state index contributed by atoms with van der Waals surface area (Å²) >= 11 is 4.90. The van der Waals surface area contributed by atoms with E-state index in [1.807, 2.05) is 27.7 Å². The van der Waals surface area contributed by atoms with Crippen LogP contribution in [0.1, 0.15) is 27.7 Å². The molecule has 0 saturated heterocycles. The maximum atomic E-state index is 10.4. The standard InChI is InChI=1S/C8H16N2O2S/c1-5-10(8(2,3)4)7(13)12-6(9)11/h5H2,1-4H3,(H2,9,11). The topological polar surface area (TPSA) is 55.6 Å². The van der Waals surface area contributed by atoms with Crippen molar-refractivity contribution in [2.45, 2.75) is 33.2 Å². The van der Waals surface area contributed by atoms with Crippen molar-refractivity contribution in [3.05, 3.63) is 0 Å². The number of thiocarbonyl (C=S) groups is 1. The minimum atomic E-state index is -0.868. The Hall–Kier alpha value is -0.840. The van der Waals surface area contributed by atoms with Gasteiger partial charge in [-0.05, 0) is 39.9 Å². The van der Waals surface area contributed by atoms with Crippen molar-refractivity contribution in [1.82, 2.24) is 4.90 Å². The van der Waals surface area contributed by atoms with Crippen LogP contribution < -0.4 is 5.73 Å². The molecule has 0 aliphatic carbocycles. The molecule has 0 spiro atoms. The zero-order chi connectivity index (χ0) is 10.6. The molecule has 2 N–H and O–H groups in total. The molecule has 0 fully saturated rings. The van der Waals surface area contributed by atoms with E-state index in [0.29, 0.717) is 6.54 Å². The smallest absolute Gasteiger partial charge is 0.383 e.